The summed E-state index contributed by atoms with van der Waals surface area (Å²) in [6.45, 7) is 5.14. The van der Waals surface area contributed by atoms with Gasteiger partial charge in [-0.15, -0.1) is 0 Å². The largest absolute Gasteiger partial charge is 0.311 e. The van der Waals surface area contributed by atoms with Gasteiger partial charge < -0.3 is 14.7 Å². The minimum atomic E-state index is -1.87. The summed E-state index contributed by atoms with van der Waals surface area (Å²) >= 11 is 0. The van der Waals surface area contributed by atoms with Gasteiger partial charge in [0, 0.05) is 51.2 Å². The summed E-state index contributed by atoms with van der Waals surface area (Å²) in [5.74, 6) is 2.61. The second kappa shape index (κ2) is 12.4. The van der Waals surface area contributed by atoms with Crippen LogP contribution in [0.1, 0.15) is 44.1 Å². The number of nitrogens with zero attached hydrogens (tertiary/aromatic N) is 3. The lowest BCUT2D eigenvalue weighted by atomic mass is 9.33. The van der Waals surface area contributed by atoms with E-state index in [-0.39, 0.29) is 12.1 Å². The Hall–Kier alpha value is -5.78. The van der Waals surface area contributed by atoms with Crippen LogP contribution in [0, 0.1) is 17.8 Å². The van der Waals surface area contributed by atoms with Gasteiger partial charge in [0.05, 0.1) is 0 Å². The summed E-state index contributed by atoms with van der Waals surface area (Å²) in [6.07, 6.45) is 8.35. The van der Waals surface area contributed by atoms with Gasteiger partial charge in [-0.25, -0.2) is 0 Å². The number of fused-ring (bicyclic) bond motifs is 6. The molecule has 7 aromatic carbocycles. The second-order valence-corrected chi connectivity index (χ2v) is 23.5. The molecule has 0 saturated heterocycles. The van der Waals surface area contributed by atoms with Gasteiger partial charge in [0.2, 0.25) is 0 Å². The fourth-order valence-corrected chi connectivity index (χ4v) is 16.5. The number of rotatable bonds is 4. The molecule has 0 spiro atoms. The Morgan fingerprint density at radius 1 is 0.441 bits per heavy atom. The molecule has 7 aromatic rings. The van der Waals surface area contributed by atoms with Crippen LogP contribution < -0.4 is 41.5 Å². The predicted molar refractivity (Wildman–Crippen MR) is 252 cm³/mol. The van der Waals surface area contributed by atoms with Crippen LogP contribution >= 0.6 is 0 Å². The lowest BCUT2D eigenvalue weighted by Crippen LogP contribution is -2.61. The number of anilines is 9. The average molecular weight is 778 g/mol. The first-order valence-electron chi connectivity index (χ1n) is 22.1. The molecule has 0 unspecified atom stereocenters. The summed E-state index contributed by atoms with van der Waals surface area (Å²) in [7, 11) is -1.87. The molecule has 286 valence electrons. The minimum Gasteiger partial charge on any atom is -0.311 e. The molecule has 4 saturated carbocycles. The van der Waals surface area contributed by atoms with Crippen LogP contribution in [0.4, 0.5) is 51.2 Å². The molecule has 4 aliphatic carbocycles. The first-order valence-corrected chi connectivity index (χ1v) is 25.1. The lowest BCUT2D eigenvalue weighted by Gasteiger charge is -2.57. The molecule has 3 heterocycles. The number of para-hydroxylation sites is 5. The highest BCUT2D eigenvalue weighted by Gasteiger charge is 2.53. The van der Waals surface area contributed by atoms with E-state index in [1.165, 1.54) is 116 Å². The van der Waals surface area contributed by atoms with Gasteiger partial charge in [-0.1, -0.05) is 104 Å². The maximum absolute atomic E-state index is 2.68. The van der Waals surface area contributed by atoms with Crippen molar-refractivity contribution in [3.8, 4) is 0 Å². The van der Waals surface area contributed by atoms with Crippen LogP contribution in [-0.4, -0.2) is 14.8 Å². The molecule has 4 bridgehead atoms. The van der Waals surface area contributed by atoms with Crippen molar-refractivity contribution in [2.45, 2.75) is 57.0 Å². The third kappa shape index (κ3) is 4.83. The number of hydrogen-bond donors (Lipinski definition) is 0. The summed E-state index contributed by atoms with van der Waals surface area (Å²) in [6, 6.07) is 62.8. The monoisotopic (exact) mass is 777 g/mol. The standard InChI is InChI=1S/C54H48BN3Si/c1-59(2)51-22-12-10-20-47(51)58(48-21-11-13-23-52(48)59)42-26-24-41(25-27-42)57-46-19-9-7-17-44(46)55-43-16-6-8-18-45(43)56(40-14-4-3-5-15-40)49-31-39(32-50(57)53(49)55)54-33-36-28-37(34-54)30-38(29-36)35-54/h3-27,31-32,36-38H,28-30,33-35H2,1-2H3. The first-order chi connectivity index (χ1) is 28.9. The minimum absolute atomic E-state index is 0.141. The van der Waals surface area contributed by atoms with Crippen LogP contribution in [0.2, 0.25) is 13.1 Å². The summed E-state index contributed by atoms with van der Waals surface area (Å²) in [5.41, 5.74) is 17.6. The molecule has 0 atom stereocenters. The van der Waals surface area contributed by atoms with Gasteiger partial charge in [-0.2, -0.15) is 0 Å². The van der Waals surface area contributed by atoms with Crippen molar-refractivity contribution in [1.82, 2.24) is 0 Å². The van der Waals surface area contributed by atoms with E-state index in [0.717, 1.165) is 17.8 Å². The van der Waals surface area contributed by atoms with E-state index in [0.29, 0.717) is 0 Å². The highest BCUT2D eigenvalue weighted by molar-refractivity contribution is 7.03. The van der Waals surface area contributed by atoms with E-state index in [1.807, 2.05) is 0 Å². The van der Waals surface area contributed by atoms with Crippen LogP contribution in [0.15, 0.2) is 164 Å². The SMILES string of the molecule is C[Si]1(C)c2ccccc2N(c2ccc(N3c4ccccc4B4c5ccccc5N(c5ccccc5)c5cc(C67CC8CC(CC(C8)C6)C7)cc3c54)cc2)c2ccccc21. The van der Waals surface area contributed by atoms with E-state index < -0.39 is 8.07 Å². The van der Waals surface area contributed by atoms with Gasteiger partial charge >= 0.3 is 0 Å². The van der Waals surface area contributed by atoms with Crippen molar-refractivity contribution in [2.75, 3.05) is 14.7 Å². The third-order valence-electron chi connectivity index (χ3n) is 15.6. The van der Waals surface area contributed by atoms with Crippen molar-refractivity contribution in [3.63, 3.8) is 0 Å². The Labute approximate surface area is 350 Å². The van der Waals surface area contributed by atoms with E-state index in [4.69, 9.17) is 0 Å². The van der Waals surface area contributed by atoms with Gasteiger partial charge in [0.1, 0.15) is 8.07 Å². The Balaban J connectivity index is 1.03. The third-order valence-corrected chi connectivity index (χ3v) is 19.1. The molecule has 0 N–H and O–H groups in total. The molecule has 59 heavy (non-hydrogen) atoms. The predicted octanol–water partition coefficient (Wildman–Crippen LogP) is 10.8. The van der Waals surface area contributed by atoms with E-state index in [2.05, 4.69) is 192 Å². The molecule has 4 fully saturated rings. The molecule has 3 nitrogen and oxygen atoms in total. The highest BCUT2D eigenvalue weighted by Crippen LogP contribution is 2.62. The summed E-state index contributed by atoms with van der Waals surface area (Å²) in [5, 5.41) is 2.99. The highest BCUT2D eigenvalue weighted by atomic mass is 28.3. The summed E-state index contributed by atoms with van der Waals surface area (Å²) in [4.78, 5) is 7.74. The smallest absolute Gasteiger partial charge is 0.252 e. The van der Waals surface area contributed by atoms with Crippen LogP contribution in [0.5, 0.6) is 0 Å². The Morgan fingerprint density at radius 3 is 1.32 bits per heavy atom. The molecule has 0 amide bonds. The van der Waals surface area contributed by atoms with Crippen molar-refractivity contribution in [2.24, 2.45) is 17.8 Å². The maximum Gasteiger partial charge on any atom is 0.252 e. The Kier molecular flexibility index (Phi) is 7.16. The van der Waals surface area contributed by atoms with Gasteiger partial charge in [0.15, 0.2) is 0 Å². The molecule has 0 aromatic heterocycles. The van der Waals surface area contributed by atoms with Crippen LogP contribution in [-0.2, 0) is 5.41 Å². The van der Waals surface area contributed by atoms with E-state index in [9.17, 15) is 0 Å². The Bertz CT molecular complexity index is 2750. The topological polar surface area (TPSA) is 9.72 Å². The maximum atomic E-state index is 2.68. The zero-order valence-corrected chi connectivity index (χ0v) is 35.0. The zero-order valence-electron chi connectivity index (χ0n) is 34.0. The van der Waals surface area contributed by atoms with Gasteiger partial charge in [0.25, 0.3) is 6.71 Å². The summed E-state index contributed by atoms with van der Waals surface area (Å²) < 4.78 is 0. The molecular weight excluding hydrogens is 730 g/mol. The average Bonchev–Trinajstić information content (AvgIpc) is 3.26. The first kappa shape index (κ1) is 34.1. The van der Waals surface area contributed by atoms with Crippen molar-refractivity contribution in [1.29, 1.82) is 0 Å². The van der Waals surface area contributed by atoms with Crippen molar-refractivity contribution >= 4 is 92.7 Å². The van der Waals surface area contributed by atoms with E-state index >= 15 is 0 Å². The molecule has 0 radical (unpaired) electrons. The van der Waals surface area contributed by atoms with Crippen LogP contribution in [0.3, 0.4) is 0 Å². The van der Waals surface area contributed by atoms with E-state index in [1.54, 1.807) is 5.56 Å². The van der Waals surface area contributed by atoms with Crippen molar-refractivity contribution < 1.29 is 0 Å². The van der Waals surface area contributed by atoms with Crippen LogP contribution in [0.25, 0.3) is 0 Å². The van der Waals surface area contributed by atoms with Crippen molar-refractivity contribution in [3.05, 3.63) is 169 Å². The second-order valence-electron chi connectivity index (χ2n) is 19.2. The zero-order chi connectivity index (χ0) is 39.0. The normalized spacial score (nSPS) is 23.6. The fourth-order valence-electron chi connectivity index (χ4n) is 13.5. The lowest BCUT2D eigenvalue weighted by molar-refractivity contribution is -0.00514. The fraction of sp³-hybridized carbons (Fsp3) is 0.222. The molecule has 14 rings (SSSR count). The molecular formula is C54H48BN3Si. The number of benzene rings is 7. The quantitative estimate of drug-likeness (QED) is 0.165. The molecule has 5 heteroatoms. The molecule has 3 aliphatic heterocycles. The molecule has 7 aliphatic rings. The van der Waals surface area contributed by atoms with Gasteiger partial charge in [-0.05, 0) is 167 Å². The van der Waals surface area contributed by atoms with Gasteiger partial charge in [-0.3, -0.25) is 0 Å². The Morgan fingerprint density at radius 2 is 0.831 bits per heavy atom. The number of hydrogen-bond acceptors (Lipinski definition) is 3.